The number of anilines is 3. The molecule has 8 aromatic carbocycles. The maximum absolute atomic E-state index is 9.59. The standard InChI is InChI=1S/C51H34N4O/c1-5-14-35(15-6-1)36-24-29-42(30-25-36)55(41-20-11-4-12-21-41)43-31-26-37(27-32-43)40-28-33-44-47(34-40)56-46-23-13-22-45(48(44)46)51-53-49(38-16-7-2-8-17-38)52-50(54-51)39-18-9-3-10-19-39/h1-34H/i1D,2D,3D,4D,5D,6D,7D,8D,9D,10D,11D,12D,13D,14D,15D,16D,17D,18D,19D,20D,21D,22D,23D,24D,25D,26D,27D,28D,29D,30D,31D,32D,33D,34D. The van der Waals surface area contributed by atoms with Gasteiger partial charge in [-0.3, -0.25) is 0 Å². The predicted octanol–water partition coefficient (Wildman–Crippen LogP) is 13.6. The van der Waals surface area contributed by atoms with Gasteiger partial charge >= 0.3 is 0 Å². The fourth-order valence-corrected chi connectivity index (χ4v) is 5.33. The molecule has 0 atom stereocenters. The van der Waals surface area contributed by atoms with Crippen LogP contribution in [0.4, 0.5) is 17.1 Å². The number of furan rings is 1. The molecular weight excluding hydrogens is 685 g/mol. The minimum atomic E-state index is -1.30. The molecule has 2 heterocycles. The Bertz CT molecular complexity index is 4710. The zero-order chi connectivity index (χ0) is 66.9. The second kappa shape index (κ2) is 14.3. The third-order valence-electron chi connectivity index (χ3n) is 7.76. The normalized spacial score (nSPS) is 19.7. The van der Waals surface area contributed by atoms with Crippen LogP contribution in [-0.4, -0.2) is 15.0 Å². The van der Waals surface area contributed by atoms with Crippen molar-refractivity contribution in [3.8, 4) is 56.4 Å². The van der Waals surface area contributed by atoms with Gasteiger partial charge in [0.25, 0.3) is 0 Å². The second-order valence-electron chi connectivity index (χ2n) is 11.1. The van der Waals surface area contributed by atoms with Crippen LogP contribution in [0.1, 0.15) is 46.6 Å². The molecule has 0 N–H and O–H groups in total. The van der Waals surface area contributed by atoms with Gasteiger partial charge in [0.15, 0.2) is 17.5 Å². The zero-order valence-corrected chi connectivity index (χ0v) is 27.7. The lowest BCUT2D eigenvalue weighted by Crippen LogP contribution is -2.09. The molecule has 0 aliphatic heterocycles. The topological polar surface area (TPSA) is 55.1 Å². The van der Waals surface area contributed by atoms with Crippen molar-refractivity contribution in [1.82, 2.24) is 15.0 Å². The van der Waals surface area contributed by atoms with E-state index in [9.17, 15) is 13.7 Å². The Balaban J connectivity index is 1.28. The Labute approximate surface area is 372 Å². The van der Waals surface area contributed by atoms with E-state index >= 15 is 0 Å². The smallest absolute Gasteiger partial charge is 0.164 e. The van der Waals surface area contributed by atoms with Gasteiger partial charge in [0, 0.05) is 44.5 Å². The van der Waals surface area contributed by atoms with Crippen molar-refractivity contribution < 1.29 is 51.0 Å². The van der Waals surface area contributed by atoms with E-state index in [2.05, 4.69) is 15.0 Å². The quantitative estimate of drug-likeness (QED) is 0.155. The van der Waals surface area contributed by atoms with Gasteiger partial charge in [-0.2, -0.15) is 0 Å². The molecule has 56 heavy (non-hydrogen) atoms. The molecule has 0 radical (unpaired) electrons. The van der Waals surface area contributed by atoms with E-state index in [0.717, 1.165) is 0 Å². The van der Waals surface area contributed by atoms with E-state index in [1.54, 1.807) is 0 Å². The zero-order valence-electron chi connectivity index (χ0n) is 61.7. The number of hydrogen-bond acceptors (Lipinski definition) is 5. The Hall–Kier alpha value is -7.63. The lowest BCUT2D eigenvalue weighted by molar-refractivity contribution is 0.669. The van der Waals surface area contributed by atoms with E-state index in [1.807, 2.05) is 0 Å². The molecule has 0 unspecified atom stereocenters. The molecule has 0 saturated heterocycles. The summed E-state index contributed by atoms with van der Waals surface area (Å²) in [7, 11) is 0. The summed E-state index contributed by atoms with van der Waals surface area (Å²) in [5.41, 5.74) is -10.8. The number of rotatable bonds is 8. The number of nitrogens with zero attached hydrogens (tertiary/aromatic N) is 4. The second-order valence-corrected chi connectivity index (χ2v) is 11.1. The highest BCUT2D eigenvalue weighted by atomic mass is 16.3. The van der Waals surface area contributed by atoms with Gasteiger partial charge in [-0.1, -0.05) is 151 Å². The Morgan fingerprint density at radius 2 is 0.804 bits per heavy atom. The summed E-state index contributed by atoms with van der Waals surface area (Å²) in [4.78, 5) is 13.1. The van der Waals surface area contributed by atoms with Crippen molar-refractivity contribution in [3.63, 3.8) is 0 Å². The summed E-state index contributed by atoms with van der Waals surface area (Å²) < 4.78 is 306. The summed E-state index contributed by atoms with van der Waals surface area (Å²) in [6, 6.07) is -35.3. The lowest BCUT2D eigenvalue weighted by Gasteiger charge is -2.26. The van der Waals surface area contributed by atoms with Crippen molar-refractivity contribution in [3.05, 3.63) is 205 Å². The van der Waals surface area contributed by atoms with Gasteiger partial charge in [-0.05, 0) is 76.6 Å². The van der Waals surface area contributed by atoms with E-state index < -0.39 is 301 Å². The van der Waals surface area contributed by atoms with Crippen molar-refractivity contribution in [1.29, 1.82) is 0 Å². The maximum atomic E-state index is 9.59. The van der Waals surface area contributed by atoms with E-state index in [-0.39, 0.29) is 0 Å². The molecule has 264 valence electrons. The predicted molar refractivity (Wildman–Crippen MR) is 229 cm³/mol. The van der Waals surface area contributed by atoms with Crippen LogP contribution in [0.15, 0.2) is 210 Å². The fourth-order valence-electron chi connectivity index (χ4n) is 5.33. The highest BCUT2D eigenvalue weighted by Gasteiger charge is 2.19. The first-order valence-corrected chi connectivity index (χ1v) is 15.9. The highest BCUT2D eigenvalue weighted by molar-refractivity contribution is 6.12. The average molecular weight is 753 g/mol. The molecule has 10 aromatic rings. The molecule has 0 aliphatic carbocycles. The van der Waals surface area contributed by atoms with Crippen molar-refractivity contribution in [2.45, 2.75) is 0 Å². The Morgan fingerprint density at radius 1 is 0.357 bits per heavy atom. The first-order chi connectivity index (χ1) is 41.9. The Kier molecular flexibility index (Phi) is 3.32. The van der Waals surface area contributed by atoms with E-state index in [0.29, 0.717) is 4.90 Å². The largest absolute Gasteiger partial charge is 0.456 e. The lowest BCUT2D eigenvalue weighted by atomic mass is 10.0. The summed E-state index contributed by atoms with van der Waals surface area (Å²) in [6.45, 7) is 0. The molecule has 0 spiro atoms. The van der Waals surface area contributed by atoms with E-state index in [1.165, 1.54) is 0 Å². The van der Waals surface area contributed by atoms with Crippen LogP contribution >= 0.6 is 0 Å². The van der Waals surface area contributed by atoms with Crippen LogP contribution in [0.2, 0.25) is 0 Å². The number of para-hydroxylation sites is 1. The first kappa shape index (κ1) is 13.0. The van der Waals surface area contributed by atoms with Gasteiger partial charge in [0.2, 0.25) is 0 Å². The molecule has 0 fully saturated rings. The first-order valence-electron chi connectivity index (χ1n) is 32.9. The number of benzene rings is 8. The van der Waals surface area contributed by atoms with Crippen LogP contribution in [0.25, 0.3) is 78.4 Å². The fraction of sp³-hybridized carbons (Fsp3) is 0. The van der Waals surface area contributed by atoms with E-state index in [4.69, 9.17) is 37.3 Å². The van der Waals surface area contributed by atoms with Crippen LogP contribution in [-0.2, 0) is 0 Å². The van der Waals surface area contributed by atoms with Crippen molar-refractivity contribution in [2.24, 2.45) is 0 Å². The molecule has 5 heteroatoms. The summed E-state index contributed by atoms with van der Waals surface area (Å²) in [5.74, 6) is -2.53. The van der Waals surface area contributed by atoms with Gasteiger partial charge < -0.3 is 9.32 Å². The monoisotopic (exact) mass is 752 g/mol. The molecule has 0 aliphatic rings. The van der Waals surface area contributed by atoms with Crippen molar-refractivity contribution in [2.75, 3.05) is 4.90 Å². The molecule has 0 saturated carbocycles. The molecule has 10 rings (SSSR count). The van der Waals surface area contributed by atoms with Crippen LogP contribution in [0.3, 0.4) is 0 Å². The van der Waals surface area contributed by atoms with Gasteiger partial charge in [-0.15, -0.1) is 0 Å². The number of hydrogen-bond donors (Lipinski definition) is 0. The Morgan fingerprint density at radius 3 is 1.38 bits per heavy atom. The molecule has 2 aromatic heterocycles. The minimum absolute atomic E-state index is 0.306. The van der Waals surface area contributed by atoms with Crippen LogP contribution < -0.4 is 4.90 Å². The average Bonchev–Trinajstić information content (AvgIpc) is 1.43. The molecule has 0 amide bonds. The molecule has 5 nitrogen and oxygen atoms in total. The summed E-state index contributed by atoms with van der Waals surface area (Å²) in [5, 5.41) is -1.27. The number of aromatic nitrogens is 3. The minimum Gasteiger partial charge on any atom is -0.456 e. The van der Waals surface area contributed by atoms with Crippen molar-refractivity contribution >= 4 is 39.0 Å². The third kappa shape index (κ3) is 6.27. The molecular formula is C51H34N4O. The van der Waals surface area contributed by atoms with Gasteiger partial charge in [0.1, 0.15) is 11.2 Å². The summed E-state index contributed by atoms with van der Waals surface area (Å²) in [6.07, 6.45) is 0. The van der Waals surface area contributed by atoms with Gasteiger partial charge in [-0.25, -0.2) is 15.0 Å². The van der Waals surface area contributed by atoms with Gasteiger partial charge in [0.05, 0.1) is 46.6 Å². The highest BCUT2D eigenvalue weighted by Crippen LogP contribution is 2.40. The maximum Gasteiger partial charge on any atom is 0.164 e. The third-order valence-corrected chi connectivity index (χ3v) is 7.76. The molecule has 0 bridgehead atoms. The van der Waals surface area contributed by atoms with Crippen LogP contribution in [0.5, 0.6) is 0 Å². The number of fused-ring (bicyclic) bond motifs is 3. The SMILES string of the molecule is [2H]c1c([2H])c([2H])c(-c2nc(-c3c([2H])c([2H])c([2H])c([2H])c3[2H])nc(-c3c([2H])c([2H])c([2H])c4oc5c([2H])c(-c6c([2H])c([2H])c(N(c7c([2H])c([2H])c([2H])c([2H])c7[2H])c7c([2H])c([2H])c(-c8c([2H])c([2H])c([2H])c([2H])c8[2H])c([2H])c7[2H])c([2H])c6[2H])c([2H])c([2H])c5c34)n2)c([2H])c1[2H]. The van der Waals surface area contributed by atoms with Crippen LogP contribution in [0, 0.1) is 0 Å². The summed E-state index contributed by atoms with van der Waals surface area (Å²) >= 11 is 0.